The molecule has 0 aliphatic heterocycles. The van der Waals surface area contributed by atoms with Gasteiger partial charge in [0.25, 0.3) is 5.65 Å². The number of Topliss-reactive ketones (excluding diaryl/α,β-unsaturated/α-hetero) is 1. The van der Waals surface area contributed by atoms with Crippen molar-refractivity contribution in [3.05, 3.63) is 59.1 Å². The van der Waals surface area contributed by atoms with Crippen molar-refractivity contribution in [3.63, 3.8) is 0 Å². The molecule has 0 amide bonds. The number of alkyl halides is 1. The minimum atomic E-state index is -0.318. The van der Waals surface area contributed by atoms with E-state index >= 15 is 0 Å². The normalized spacial score (nSPS) is 11.0. The van der Waals surface area contributed by atoms with Crippen LogP contribution in [0.1, 0.15) is 16.1 Å². The second-order valence-electron chi connectivity index (χ2n) is 4.71. The summed E-state index contributed by atoms with van der Waals surface area (Å²) in [7, 11) is 0. The van der Waals surface area contributed by atoms with Gasteiger partial charge in [0.15, 0.2) is 0 Å². The van der Waals surface area contributed by atoms with E-state index in [0.717, 1.165) is 5.56 Å². The van der Waals surface area contributed by atoms with Crippen LogP contribution in [0.5, 0.6) is 5.88 Å². The number of hydrogen-bond donors (Lipinski definition) is 0. The number of hydrogen-bond acceptors (Lipinski definition) is 3. The summed E-state index contributed by atoms with van der Waals surface area (Å²) in [6.45, 7) is 0.369. The number of rotatable bonds is 4. The third kappa shape index (κ3) is 2.60. The maximum Gasteiger partial charge on any atom is 0.286 e. The van der Waals surface area contributed by atoms with Crippen LogP contribution in [0.25, 0.3) is 5.65 Å². The minimum Gasteiger partial charge on any atom is -0.839 e. The van der Waals surface area contributed by atoms with Gasteiger partial charge in [-0.2, -0.15) is 0 Å². The molecule has 3 rings (SSSR count). The van der Waals surface area contributed by atoms with E-state index in [1.54, 1.807) is 35.2 Å². The molecule has 3 aromatic rings. The molecule has 112 valence electrons. The first kappa shape index (κ1) is 15.0. The summed E-state index contributed by atoms with van der Waals surface area (Å²) in [5.74, 6) is -0.572. The van der Waals surface area contributed by atoms with Crippen molar-refractivity contribution < 1.29 is 14.3 Å². The maximum atomic E-state index is 12.5. The first-order chi connectivity index (χ1) is 10.6. The topological polar surface area (TPSA) is 62.0 Å². The number of ketones is 1. The minimum absolute atomic E-state index is 0.0952. The van der Waals surface area contributed by atoms with Crippen molar-refractivity contribution in [2.75, 3.05) is 5.33 Å². The summed E-state index contributed by atoms with van der Waals surface area (Å²) in [5.41, 5.74) is 1.67. The molecule has 0 aromatic carbocycles. The molecule has 0 aliphatic rings. The summed E-state index contributed by atoms with van der Waals surface area (Å²) in [6.07, 6.45) is 3.29. The molecule has 3 heterocycles. The van der Waals surface area contributed by atoms with Crippen LogP contribution in [-0.2, 0) is 6.54 Å². The van der Waals surface area contributed by atoms with Gasteiger partial charge in [-0.25, -0.2) is 14.0 Å². The lowest BCUT2D eigenvalue weighted by atomic mass is 10.2. The van der Waals surface area contributed by atoms with Gasteiger partial charge >= 0.3 is 0 Å². The molecule has 0 radical (unpaired) electrons. The summed E-state index contributed by atoms with van der Waals surface area (Å²) in [4.78, 5) is 16.2. The molecular formula is C15H11BrClN3O2. The van der Waals surface area contributed by atoms with Crippen LogP contribution >= 0.6 is 27.5 Å². The Hall–Kier alpha value is -1.92. The molecule has 0 spiro atoms. The number of aromatic nitrogens is 3. The van der Waals surface area contributed by atoms with E-state index in [-0.39, 0.29) is 22.7 Å². The first-order valence-electron chi connectivity index (χ1n) is 6.51. The Bertz CT molecular complexity index is 846. The standard InChI is InChI=1S/C15H11BrClN3O2/c16-7-11(21)14-15(22)19-6-2-1-3-13(19)20(14)9-10-4-5-12(17)18-8-10/h1-6,8H,7,9H2. The first-order valence-corrected chi connectivity index (χ1v) is 8.01. The SMILES string of the molecule is O=C(CBr)c1c([O-])[n+]2ccccc2n1Cc1ccc(Cl)nc1. The molecule has 0 bridgehead atoms. The number of nitrogens with zero attached hydrogens (tertiary/aromatic N) is 3. The van der Waals surface area contributed by atoms with E-state index in [1.807, 2.05) is 12.1 Å². The zero-order valence-electron chi connectivity index (χ0n) is 11.4. The zero-order valence-corrected chi connectivity index (χ0v) is 13.7. The molecule has 7 heteroatoms. The number of carbonyl (C=O) groups excluding carboxylic acids is 1. The van der Waals surface area contributed by atoms with E-state index < -0.39 is 0 Å². The Morgan fingerprint density at radius 2 is 2.18 bits per heavy atom. The zero-order chi connectivity index (χ0) is 15.7. The fourth-order valence-corrected chi connectivity index (χ4v) is 2.72. The van der Waals surface area contributed by atoms with Crippen molar-refractivity contribution in [3.8, 4) is 5.88 Å². The third-order valence-electron chi connectivity index (χ3n) is 3.32. The van der Waals surface area contributed by atoms with Crippen molar-refractivity contribution in [2.45, 2.75) is 6.54 Å². The van der Waals surface area contributed by atoms with Crippen LogP contribution in [0.2, 0.25) is 5.15 Å². The fourth-order valence-electron chi connectivity index (χ4n) is 2.35. The van der Waals surface area contributed by atoms with Crippen molar-refractivity contribution in [1.29, 1.82) is 0 Å². The van der Waals surface area contributed by atoms with Crippen molar-refractivity contribution >= 4 is 39.0 Å². The van der Waals surface area contributed by atoms with Gasteiger partial charge in [-0.05, 0) is 12.1 Å². The van der Waals surface area contributed by atoms with Gasteiger partial charge in [0.2, 0.25) is 11.5 Å². The molecule has 5 nitrogen and oxygen atoms in total. The number of imidazole rings is 1. The van der Waals surface area contributed by atoms with Crippen LogP contribution < -0.4 is 9.51 Å². The second-order valence-corrected chi connectivity index (χ2v) is 5.66. The van der Waals surface area contributed by atoms with Gasteiger partial charge < -0.3 is 5.11 Å². The average molecular weight is 381 g/mol. The third-order valence-corrected chi connectivity index (χ3v) is 4.05. The molecular weight excluding hydrogens is 370 g/mol. The Morgan fingerprint density at radius 1 is 1.36 bits per heavy atom. The van der Waals surface area contributed by atoms with Crippen molar-refractivity contribution in [2.24, 2.45) is 0 Å². The number of pyridine rings is 2. The lowest BCUT2D eigenvalue weighted by Crippen LogP contribution is -2.24. The van der Waals surface area contributed by atoms with E-state index in [1.165, 1.54) is 4.40 Å². The molecule has 3 aromatic heterocycles. The molecule has 0 unspecified atom stereocenters. The Morgan fingerprint density at radius 3 is 2.86 bits per heavy atom. The lowest BCUT2D eigenvalue weighted by Gasteiger charge is -2.04. The molecule has 0 aliphatic carbocycles. The van der Waals surface area contributed by atoms with Crippen LogP contribution in [-0.4, -0.2) is 20.7 Å². The summed E-state index contributed by atoms with van der Waals surface area (Å²) >= 11 is 8.92. The summed E-state index contributed by atoms with van der Waals surface area (Å²) in [6, 6.07) is 8.88. The highest BCUT2D eigenvalue weighted by molar-refractivity contribution is 9.09. The number of carbonyl (C=O) groups is 1. The number of fused-ring (bicyclic) bond motifs is 1. The molecule has 0 fully saturated rings. The van der Waals surface area contributed by atoms with Crippen LogP contribution in [0.3, 0.4) is 0 Å². The van der Waals surface area contributed by atoms with Gasteiger partial charge in [-0.1, -0.05) is 39.7 Å². The summed E-state index contributed by atoms with van der Waals surface area (Å²) in [5, 5.41) is 13.0. The molecule has 0 atom stereocenters. The summed E-state index contributed by atoms with van der Waals surface area (Å²) < 4.78 is 3.18. The van der Waals surface area contributed by atoms with Gasteiger partial charge in [-0.3, -0.25) is 4.79 Å². The monoisotopic (exact) mass is 379 g/mol. The van der Waals surface area contributed by atoms with E-state index in [9.17, 15) is 9.90 Å². The smallest absolute Gasteiger partial charge is 0.286 e. The van der Waals surface area contributed by atoms with Crippen LogP contribution in [0, 0.1) is 0 Å². The predicted octanol–water partition coefficient (Wildman–Crippen LogP) is 1.97. The Labute approximate surface area is 139 Å². The Balaban J connectivity index is 2.18. The van der Waals surface area contributed by atoms with E-state index in [4.69, 9.17) is 11.6 Å². The highest BCUT2D eigenvalue weighted by Gasteiger charge is 2.25. The van der Waals surface area contributed by atoms with Gasteiger partial charge in [0, 0.05) is 17.8 Å². The highest BCUT2D eigenvalue weighted by Crippen LogP contribution is 2.19. The van der Waals surface area contributed by atoms with Gasteiger partial charge in [-0.15, -0.1) is 0 Å². The average Bonchev–Trinajstić information content (AvgIpc) is 2.82. The molecule has 0 saturated carbocycles. The Kier molecular flexibility index (Phi) is 4.13. The second kappa shape index (κ2) is 6.06. The van der Waals surface area contributed by atoms with E-state index in [2.05, 4.69) is 20.9 Å². The lowest BCUT2D eigenvalue weighted by molar-refractivity contribution is -0.582. The van der Waals surface area contributed by atoms with Crippen LogP contribution in [0.15, 0.2) is 42.7 Å². The quantitative estimate of drug-likeness (QED) is 0.301. The van der Waals surface area contributed by atoms with Gasteiger partial charge in [0.1, 0.15) is 17.6 Å². The maximum absolute atomic E-state index is 12.5. The largest absolute Gasteiger partial charge is 0.839 e. The number of halogens is 2. The fraction of sp³-hybridized carbons (Fsp3) is 0.133. The molecule has 0 N–H and O–H groups in total. The van der Waals surface area contributed by atoms with E-state index in [0.29, 0.717) is 17.3 Å². The molecule has 0 saturated heterocycles. The highest BCUT2D eigenvalue weighted by atomic mass is 79.9. The van der Waals surface area contributed by atoms with Crippen molar-refractivity contribution in [1.82, 2.24) is 9.55 Å². The van der Waals surface area contributed by atoms with Gasteiger partial charge in [0.05, 0.1) is 11.5 Å². The molecule has 22 heavy (non-hydrogen) atoms. The predicted molar refractivity (Wildman–Crippen MR) is 83.5 cm³/mol. The van der Waals surface area contributed by atoms with Crippen LogP contribution in [0.4, 0.5) is 0 Å².